The van der Waals surface area contributed by atoms with E-state index in [4.69, 9.17) is 5.73 Å². The van der Waals surface area contributed by atoms with E-state index in [1.807, 2.05) is 49.4 Å². The fraction of sp³-hybridized carbons (Fsp3) is 0.125. The molecule has 0 bridgehead atoms. The number of aromatic nitrogens is 3. The van der Waals surface area contributed by atoms with Crippen molar-refractivity contribution < 1.29 is 14.0 Å². The van der Waals surface area contributed by atoms with Gasteiger partial charge in [-0.05, 0) is 66.4 Å². The molecular formula is C32H25FN6O2. The van der Waals surface area contributed by atoms with Gasteiger partial charge >= 0.3 is 0 Å². The van der Waals surface area contributed by atoms with Gasteiger partial charge in [0.15, 0.2) is 0 Å². The molecule has 0 spiro atoms. The number of nitrogens with two attached hydrogens (primary N) is 1. The Morgan fingerprint density at radius 3 is 2.68 bits per heavy atom. The molecule has 1 saturated heterocycles. The summed E-state index contributed by atoms with van der Waals surface area (Å²) in [6.45, 7) is 2.71. The summed E-state index contributed by atoms with van der Waals surface area (Å²) in [6.07, 6.45) is 2.79. The Balaban J connectivity index is 1.38. The van der Waals surface area contributed by atoms with E-state index >= 15 is 0 Å². The molecule has 9 heteroatoms. The summed E-state index contributed by atoms with van der Waals surface area (Å²) in [6, 6.07) is 19.9. The van der Waals surface area contributed by atoms with Crippen molar-refractivity contribution in [3.05, 3.63) is 90.0 Å². The molecule has 7 rings (SSSR count). The number of rotatable bonds is 5. The monoisotopic (exact) mass is 544 g/mol. The van der Waals surface area contributed by atoms with Crippen molar-refractivity contribution in [3.8, 4) is 11.1 Å². The van der Waals surface area contributed by atoms with Gasteiger partial charge in [-0.25, -0.2) is 14.4 Å². The number of hydrogen-bond donors (Lipinski definition) is 3. The molecule has 6 aromatic rings. The fourth-order valence-corrected chi connectivity index (χ4v) is 5.84. The summed E-state index contributed by atoms with van der Waals surface area (Å²) < 4.78 is 13.8. The highest BCUT2D eigenvalue weighted by molar-refractivity contribution is 6.20. The van der Waals surface area contributed by atoms with Gasteiger partial charge in [-0.3, -0.25) is 9.59 Å². The Morgan fingerprint density at radius 2 is 1.88 bits per heavy atom. The second-order valence-electron chi connectivity index (χ2n) is 10.3. The molecule has 0 saturated carbocycles. The third kappa shape index (κ3) is 4.05. The van der Waals surface area contributed by atoms with Crippen molar-refractivity contribution in [2.45, 2.75) is 19.8 Å². The van der Waals surface area contributed by atoms with Crippen LogP contribution in [0.1, 0.15) is 28.8 Å². The summed E-state index contributed by atoms with van der Waals surface area (Å²) in [5, 5.41) is 5.91. The van der Waals surface area contributed by atoms with Gasteiger partial charge in [0.25, 0.3) is 5.91 Å². The second-order valence-corrected chi connectivity index (χ2v) is 10.3. The zero-order chi connectivity index (χ0) is 28.2. The van der Waals surface area contributed by atoms with E-state index in [-0.39, 0.29) is 11.7 Å². The normalized spacial score (nSPS) is 13.5. The van der Waals surface area contributed by atoms with Crippen molar-refractivity contribution in [1.29, 1.82) is 0 Å². The molecule has 202 valence electrons. The molecule has 8 nitrogen and oxygen atoms in total. The van der Waals surface area contributed by atoms with Crippen LogP contribution in [0.2, 0.25) is 0 Å². The molecular weight excluding hydrogens is 519 g/mol. The number of nitrogens with one attached hydrogen (secondary N) is 2. The average Bonchev–Trinajstić information content (AvgIpc) is 3.56. The quantitative estimate of drug-likeness (QED) is 0.234. The number of nitrogens with zero attached hydrogens (tertiary/aromatic N) is 3. The number of fused-ring (bicyclic) bond motifs is 4. The van der Waals surface area contributed by atoms with Crippen molar-refractivity contribution >= 4 is 61.7 Å². The summed E-state index contributed by atoms with van der Waals surface area (Å²) >= 11 is 0. The maximum absolute atomic E-state index is 13.8. The summed E-state index contributed by atoms with van der Waals surface area (Å²) in [5.41, 5.74) is 12.6. The predicted octanol–water partition coefficient (Wildman–Crippen LogP) is 6.35. The summed E-state index contributed by atoms with van der Waals surface area (Å²) in [7, 11) is 0. The van der Waals surface area contributed by atoms with E-state index in [1.54, 1.807) is 17.0 Å². The van der Waals surface area contributed by atoms with Crippen LogP contribution in [-0.4, -0.2) is 33.3 Å². The summed E-state index contributed by atoms with van der Waals surface area (Å²) in [5.74, 6) is -0.204. The zero-order valence-electron chi connectivity index (χ0n) is 22.2. The lowest BCUT2D eigenvalue weighted by atomic mass is 9.93. The third-order valence-corrected chi connectivity index (χ3v) is 7.86. The van der Waals surface area contributed by atoms with E-state index in [9.17, 15) is 14.0 Å². The van der Waals surface area contributed by atoms with Crippen LogP contribution in [0.5, 0.6) is 0 Å². The molecule has 1 aliphatic rings. The van der Waals surface area contributed by atoms with E-state index in [0.29, 0.717) is 40.8 Å². The van der Waals surface area contributed by atoms with Gasteiger partial charge in [0.2, 0.25) is 5.91 Å². The van der Waals surface area contributed by atoms with Gasteiger partial charge in [0, 0.05) is 52.1 Å². The first kappa shape index (κ1) is 24.7. The van der Waals surface area contributed by atoms with Gasteiger partial charge in [-0.15, -0.1) is 0 Å². The Kier molecular flexibility index (Phi) is 5.67. The highest BCUT2D eigenvalue weighted by Gasteiger charge is 2.23. The molecule has 0 aliphatic carbocycles. The van der Waals surface area contributed by atoms with Crippen LogP contribution in [0.4, 0.5) is 21.6 Å². The highest BCUT2D eigenvalue weighted by atomic mass is 19.1. The predicted molar refractivity (Wildman–Crippen MR) is 159 cm³/mol. The smallest absolute Gasteiger partial charge is 0.250 e. The highest BCUT2D eigenvalue weighted by Crippen LogP contribution is 2.40. The molecule has 1 aliphatic heterocycles. The minimum atomic E-state index is -0.526. The molecule has 2 aromatic heterocycles. The molecule has 0 unspecified atom stereocenters. The molecule has 3 heterocycles. The lowest BCUT2D eigenvalue weighted by Crippen LogP contribution is -2.23. The fourth-order valence-electron chi connectivity index (χ4n) is 5.84. The molecule has 1 fully saturated rings. The average molecular weight is 545 g/mol. The lowest BCUT2D eigenvalue weighted by Gasteiger charge is -2.16. The first-order valence-electron chi connectivity index (χ1n) is 13.3. The number of H-pyrrole nitrogens is 1. The molecule has 4 aromatic carbocycles. The number of carbonyl (C=O) groups excluding carboxylic acids is 2. The topological polar surface area (TPSA) is 117 Å². The Bertz CT molecular complexity index is 2050. The number of anilines is 3. The second kappa shape index (κ2) is 9.41. The van der Waals surface area contributed by atoms with Gasteiger partial charge in [0.05, 0.1) is 16.6 Å². The first-order valence-corrected chi connectivity index (χ1v) is 13.3. The number of hydrogen-bond acceptors (Lipinski definition) is 5. The molecule has 2 amide bonds. The molecule has 41 heavy (non-hydrogen) atoms. The number of aromatic amines is 1. The SMILES string of the molecule is Cc1c(Nc2ncnc3cc(F)ccc23)cccc1-c1ccc(C(N)=O)c2[nH]c3cc(N4CCCC4=O)ccc3c12. The third-order valence-electron chi connectivity index (χ3n) is 7.86. The largest absolute Gasteiger partial charge is 0.366 e. The maximum atomic E-state index is 13.8. The van der Waals surface area contributed by atoms with Gasteiger partial charge in [-0.1, -0.05) is 24.3 Å². The van der Waals surface area contributed by atoms with E-state index in [2.05, 4.69) is 20.3 Å². The first-order chi connectivity index (χ1) is 19.9. The van der Waals surface area contributed by atoms with E-state index < -0.39 is 5.91 Å². The Hall–Kier alpha value is -5.31. The maximum Gasteiger partial charge on any atom is 0.250 e. The van der Waals surface area contributed by atoms with Crippen molar-refractivity contribution in [1.82, 2.24) is 15.0 Å². The Morgan fingerprint density at radius 1 is 1.02 bits per heavy atom. The van der Waals surface area contributed by atoms with Crippen LogP contribution in [0.15, 0.2) is 73.1 Å². The van der Waals surface area contributed by atoms with Crippen LogP contribution >= 0.6 is 0 Å². The minimum Gasteiger partial charge on any atom is -0.366 e. The standard InChI is InChI=1S/C32H25FN6O2/c1-17-20(4-2-5-25(17)38-32-23-9-7-18(33)14-26(23)35-16-36-32)21-11-12-24(31(34)41)30-29(21)22-10-8-19(15-27(22)37-30)39-13-3-6-28(39)40/h2,4-5,7-12,14-16,37H,3,6,13H2,1H3,(H2,34,41)(H,35,36,38). The van der Waals surface area contributed by atoms with E-state index in [0.717, 1.165) is 50.8 Å². The minimum absolute atomic E-state index is 0.112. The lowest BCUT2D eigenvalue weighted by molar-refractivity contribution is -0.117. The van der Waals surface area contributed by atoms with Crippen LogP contribution in [0.3, 0.4) is 0 Å². The molecule has 0 atom stereocenters. The van der Waals surface area contributed by atoms with Crippen molar-refractivity contribution in [3.63, 3.8) is 0 Å². The van der Waals surface area contributed by atoms with Gasteiger partial charge < -0.3 is 20.9 Å². The van der Waals surface area contributed by atoms with Crippen molar-refractivity contribution in [2.75, 3.05) is 16.8 Å². The number of halogens is 1. The van der Waals surface area contributed by atoms with Crippen molar-refractivity contribution in [2.24, 2.45) is 5.73 Å². The van der Waals surface area contributed by atoms with Crippen LogP contribution in [0, 0.1) is 12.7 Å². The van der Waals surface area contributed by atoms with Crippen LogP contribution < -0.4 is 16.0 Å². The zero-order valence-corrected chi connectivity index (χ0v) is 22.2. The van der Waals surface area contributed by atoms with Crippen LogP contribution in [0.25, 0.3) is 43.8 Å². The van der Waals surface area contributed by atoms with Gasteiger partial charge in [-0.2, -0.15) is 0 Å². The number of carbonyl (C=O) groups is 2. The van der Waals surface area contributed by atoms with Gasteiger partial charge in [0.1, 0.15) is 18.0 Å². The summed E-state index contributed by atoms with van der Waals surface area (Å²) in [4.78, 5) is 38.6. The molecule has 4 N–H and O–H groups in total. The number of primary amides is 1. The molecule has 0 radical (unpaired) electrons. The number of benzene rings is 4. The van der Waals surface area contributed by atoms with E-state index in [1.165, 1.54) is 18.5 Å². The Labute approximate surface area is 234 Å². The number of amides is 2. The van der Waals surface area contributed by atoms with Crippen LogP contribution in [-0.2, 0) is 4.79 Å².